The summed E-state index contributed by atoms with van der Waals surface area (Å²) < 4.78 is 1.66. The Morgan fingerprint density at radius 3 is 2.69 bits per heavy atom. The fourth-order valence-electron chi connectivity index (χ4n) is 2.46. The van der Waals surface area contributed by atoms with E-state index in [-0.39, 0.29) is 36.8 Å². The molecule has 0 bridgehead atoms. The highest BCUT2D eigenvalue weighted by Gasteiger charge is 2.18. The number of rotatable bonds is 5. The van der Waals surface area contributed by atoms with E-state index in [1.807, 2.05) is 51.2 Å². The van der Waals surface area contributed by atoms with Crippen LogP contribution in [0.5, 0.6) is 0 Å². The van der Waals surface area contributed by atoms with Gasteiger partial charge in [-0.05, 0) is 33.0 Å². The lowest BCUT2D eigenvalue weighted by Crippen LogP contribution is -2.37. The van der Waals surface area contributed by atoms with Crippen LogP contribution in [0.15, 0.2) is 36.5 Å². The van der Waals surface area contributed by atoms with Crippen molar-refractivity contribution in [3.63, 3.8) is 0 Å². The van der Waals surface area contributed by atoms with Crippen LogP contribution in [0.2, 0.25) is 0 Å². The number of amides is 1. The van der Waals surface area contributed by atoms with Gasteiger partial charge in [0.25, 0.3) is 5.91 Å². The molecule has 0 fully saturated rings. The highest BCUT2D eigenvalue weighted by atomic mass is 35.5. The lowest BCUT2D eigenvalue weighted by molar-refractivity contribution is 0.0945. The number of carbonyl (C=O) groups is 1. The number of pyridine rings is 1. The summed E-state index contributed by atoms with van der Waals surface area (Å²) in [6.45, 7) is 4.35. The molecule has 2 aromatic heterocycles. The molecule has 0 aliphatic heterocycles. The first-order valence-electron chi connectivity index (χ1n) is 7.83. The summed E-state index contributed by atoms with van der Waals surface area (Å²) in [7, 11) is 1.85. The molecular formula is C17H22Cl2N6O. The number of carbonyl (C=O) groups excluding carboxylic acids is 1. The van der Waals surface area contributed by atoms with E-state index >= 15 is 0 Å². The maximum absolute atomic E-state index is 12.3. The number of hydrogen-bond donors (Lipinski definition) is 2. The lowest BCUT2D eigenvalue weighted by atomic mass is 10.2. The Balaban J connectivity index is 0.00000169. The third-order valence-electron chi connectivity index (χ3n) is 4.01. The van der Waals surface area contributed by atoms with Gasteiger partial charge in [-0.3, -0.25) is 9.78 Å². The first-order valence-corrected chi connectivity index (χ1v) is 7.83. The van der Waals surface area contributed by atoms with E-state index < -0.39 is 0 Å². The van der Waals surface area contributed by atoms with E-state index in [1.165, 1.54) is 0 Å². The minimum Gasteiger partial charge on any atom is -0.349 e. The Morgan fingerprint density at radius 2 is 1.96 bits per heavy atom. The molecule has 1 aromatic carbocycles. The van der Waals surface area contributed by atoms with Gasteiger partial charge < -0.3 is 10.6 Å². The number of halogens is 2. The van der Waals surface area contributed by atoms with E-state index in [1.54, 1.807) is 10.9 Å². The summed E-state index contributed by atoms with van der Waals surface area (Å²) in [5.41, 5.74) is 2.64. The number of likely N-dealkylation sites (N-methyl/N-ethyl adjacent to an activating group) is 1. The van der Waals surface area contributed by atoms with Gasteiger partial charge in [0.1, 0.15) is 0 Å². The highest BCUT2D eigenvalue weighted by Crippen LogP contribution is 2.21. The van der Waals surface area contributed by atoms with E-state index in [2.05, 4.69) is 25.9 Å². The molecule has 140 valence electrons. The van der Waals surface area contributed by atoms with Gasteiger partial charge in [0, 0.05) is 24.2 Å². The van der Waals surface area contributed by atoms with E-state index in [0.717, 1.165) is 16.6 Å². The SMILES string of the molecule is CNC(C)CNC(=O)c1nnn(-c2cccc3cccnc23)c1C.Cl.Cl. The summed E-state index contributed by atoms with van der Waals surface area (Å²) in [5, 5.41) is 15.2. The van der Waals surface area contributed by atoms with Crippen LogP contribution in [0, 0.1) is 6.92 Å². The molecule has 1 unspecified atom stereocenters. The number of nitrogens with one attached hydrogen (secondary N) is 2. The Labute approximate surface area is 164 Å². The monoisotopic (exact) mass is 396 g/mol. The molecular weight excluding hydrogens is 375 g/mol. The summed E-state index contributed by atoms with van der Waals surface area (Å²) in [6, 6.07) is 9.92. The maximum atomic E-state index is 12.3. The van der Waals surface area contributed by atoms with Crippen molar-refractivity contribution in [1.82, 2.24) is 30.6 Å². The van der Waals surface area contributed by atoms with Crippen LogP contribution >= 0.6 is 24.8 Å². The van der Waals surface area contributed by atoms with Gasteiger partial charge in [-0.1, -0.05) is 23.4 Å². The van der Waals surface area contributed by atoms with E-state index in [0.29, 0.717) is 17.9 Å². The first kappa shape index (κ1) is 21.8. The number of benzene rings is 1. The molecule has 1 amide bonds. The zero-order chi connectivity index (χ0) is 17.1. The number of para-hydroxylation sites is 1. The molecule has 26 heavy (non-hydrogen) atoms. The average molecular weight is 397 g/mol. The van der Waals surface area contributed by atoms with Crippen LogP contribution in [0.25, 0.3) is 16.6 Å². The third kappa shape index (κ3) is 4.30. The largest absolute Gasteiger partial charge is 0.349 e. The highest BCUT2D eigenvalue weighted by molar-refractivity contribution is 5.93. The fourth-order valence-corrected chi connectivity index (χ4v) is 2.46. The van der Waals surface area contributed by atoms with E-state index in [4.69, 9.17) is 0 Å². The fraction of sp³-hybridized carbons (Fsp3) is 0.294. The molecule has 9 heteroatoms. The summed E-state index contributed by atoms with van der Waals surface area (Å²) in [5.74, 6) is -0.228. The zero-order valence-corrected chi connectivity index (χ0v) is 16.4. The molecule has 0 saturated heterocycles. The van der Waals surface area contributed by atoms with Gasteiger partial charge in [0.05, 0.1) is 16.9 Å². The van der Waals surface area contributed by atoms with Crippen molar-refractivity contribution in [2.75, 3.05) is 13.6 Å². The Kier molecular flexibility index (Phi) is 7.95. The van der Waals surface area contributed by atoms with E-state index in [9.17, 15) is 4.79 Å². The quantitative estimate of drug-likeness (QED) is 0.690. The Morgan fingerprint density at radius 1 is 1.23 bits per heavy atom. The minimum atomic E-state index is -0.228. The topological polar surface area (TPSA) is 84.7 Å². The van der Waals surface area contributed by atoms with Crippen molar-refractivity contribution >= 4 is 41.6 Å². The van der Waals surface area contributed by atoms with Gasteiger partial charge in [-0.15, -0.1) is 29.9 Å². The van der Waals surface area contributed by atoms with Gasteiger partial charge in [-0.25, -0.2) is 4.68 Å². The molecule has 0 aliphatic rings. The van der Waals surface area contributed by atoms with Crippen LogP contribution in [0.1, 0.15) is 23.1 Å². The first-order chi connectivity index (χ1) is 11.6. The molecule has 3 aromatic rings. The zero-order valence-electron chi connectivity index (χ0n) is 14.8. The van der Waals surface area contributed by atoms with Gasteiger partial charge in [0.15, 0.2) is 5.69 Å². The summed E-state index contributed by atoms with van der Waals surface area (Å²) in [6.07, 6.45) is 1.74. The Bertz CT molecular complexity index is 877. The van der Waals surface area contributed by atoms with Crippen LogP contribution in [-0.2, 0) is 0 Å². The van der Waals surface area contributed by atoms with Crippen LogP contribution in [0.3, 0.4) is 0 Å². The van der Waals surface area contributed by atoms with Crippen molar-refractivity contribution in [3.8, 4) is 5.69 Å². The second kappa shape index (κ2) is 9.47. The molecule has 0 radical (unpaired) electrons. The number of aromatic nitrogens is 4. The van der Waals surface area contributed by atoms with Crippen molar-refractivity contribution in [3.05, 3.63) is 47.9 Å². The predicted octanol–water partition coefficient (Wildman–Crippen LogP) is 2.31. The van der Waals surface area contributed by atoms with Gasteiger partial charge in [0.2, 0.25) is 0 Å². The minimum absolute atomic E-state index is 0. The Hall–Kier alpha value is -2.22. The molecule has 7 nitrogen and oxygen atoms in total. The standard InChI is InChI=1S/C17H20N6O.2ClH/c1-11(18-3)10-20-17(24)15-12(2)23(22-21-15)14-8-4-6-13-7-5-9-19-16(13)14;;/h4-9,11,18H,10H2,1-3H3,(H,20,24);2*1H. The molecule has 1 atom stereocenters. The van der Waals surface area contributed by atoms with Crippen LogP contribution in [-0.4, -0.2) is 45.5 Å². The molecule has 2 heterocycles. The predicted molar refractivity (Wildman–Crippen MR) is 107 cm³/mol. The second-order valence-corrected chi connectivity index (χ2v) is 5.69. The van der Waals surface area contributed by atoms with Crippen molar-refractivity contribution in [1.29, 1.82) is 0 Å². The maximum Gasteiger partial charge on any atom is 0.273 e. The number of nitrogens with zero attached hydrogens (tertiary/aromatic N) is 4. The summed E-state index contributed by atoms with van der Waals surface area (Å²) >= 11 is 0. The van der Waals surface area contributed by atoms with Crippen molar-refractivity contribution in [2.24, 2.45) is 0 Å². The molecule has 0 spiro atoms. The molecule has 3 rings (SSSR count). The van der Waals surface area contributed by atoms with Crippen molar-refractivity contribution in [2.45, 2.75) is 19.9 Å². The van der Waals surface area contributed by atoms with Crippen LogP contribution < -0.4 is 10.6 Å². The van der Waals surface area contributed by atoms with Crippen LogP contribution in [0.4, 0.5) is 0 Å². The smallest absolute Gasteiger partial charge is 0.273 e. The average Bonchev–Trinajstić information content (AvgIpc) is 3.00. The molecule has 0 saturated carbocycles. The van der Waals surface area contributed by atoms with Crippen molar-refractivity contribution < 1.29 is 4.79 Å². The third-order valence-corrected chi connectivity index (χ3v) is 4.01. The number of fused-ring (bicyclic) bond motifs is 1. The molecule has 0 aliphatic carbocycles. The summed E-state index contributed by atoms with van der Waals surface area (Å²) in [4.78, 5) is 16.7. The normalized spacial score (nSPS) is 11.3. The number of hydrogen-bond acceptors (Lipinski definition) is 5. The van der Waals surface area contributed by atoms with Gasteiger partial charge in [-0.2, -0.15) is 0 Å². The second-order valence-electron chi connectivity index (χ2n) is 5.69. The lowest BCUT2D eigenvalue weighted by Gasteiger charge is -2.10. The molecule has 2 N–H and O–H groups in total. The van der Waals surface area contributed by atoms with Gasteiger partial charge >= 0.3 is 0 Å².